The first-order chi connectivity index (χ1) is 14.8. The molecule has 0 bridgehead atoms. The largest absolute Gasteiger partial charge is 0.477 e. The maximum atomic E-state index is 13.0. The Morgan fingerprint density at radius 3 is 2.71 bits per heavy atom. The van der Waals surface area contributed by atoms with E-state index in [0.717, 1.165) is 0 Å². The molecule has 3 fully saturated rings. The Morgan fingerprint density at radius 2 is 2.06 bits per heavy atom. The normalized spacial score (nSPS) is 36.5. The van der Waals surface area contributed by atoms with Gasteiger partial charge in [0.1, 0.15) is 5.70 Å². The van der Waals surface area contributed by atoms with Crippen molar-refractivity contribution in [2.75, 3.05) is 32.8 Å². The van der Waals surface area contributed by atoms with Crippen LogP contribution in [-0.4, -0.2) is 105 Å². The molecule has 3 saturated heterocycles. The summed E-state index contributed by atoms with van der Waals surface area (Å²) in [6, 6.07) is -0.948. The van der Waals surface area contributed by atoms with Gasteiger partial charge in [0.2, 0.25) is 11.8 Å². The maximum Gasteiger partial charge on any atom is 0.353 e. The number of carboxylic acid groups (broad SMARTS) is 1. The minimum absolute atomic E-state index is 0.00459. The van der Waals surface area contributed by atoms with E-state index in [4.69, 9.17) is 0 Å². The van der Waals surface area contributed by atoms with E-state index in [1.807, 2.05) is 6.92 Å². The van der Waals surface area contributed by atoms with Crippen molar-refractivity contribution < 1.29 is 29.7 Å². The summed E-state index contributed by atoms with van der Waals surface area (Å²) in [6.07, 6.45) is -0.281. The summed E-state index contributed by atoms with van der Waals surface area (Å²) >= 11 is 1.43. The van der Waals surface area contributed by atoms with Gasteiger partial charge in [0, 0.05) is 42.3 Å². The van der Waals surface area contributed by atoms with Gasteiger partial charge in [0.25, 0.3) is 0 Å². The van der Waals surface area contributed by atoms with E-state index in [1.54, 1.807) is 11.8 Å². The lowest BCUT2D eigenvalue weighted by Crippen LogP contribution is -2.63. The number of aliphatic carboxylic acids is 1. The van der Waals surface area contributed by atoms with Crippen LogP contribution in [0.25, 0.3) is 0 Å². The summed E-state index contributed by atoms with van der Waals surface area (Å²) in [7, 11) is 0. The van der Waals surface area contributed by atoms with E-state index in [1.165, 1.54) is 16.7 Å². The first-order valence-electron chi connectivity index (χ1n) is 10.8. The molecule has 7 atom stereocenters. The Morgan fingerprint density at radius 1 is 1.32 bits per heavy atom. The van der Waals surface area contributed by atoms with E-state index in [2.05, 4.69) is 10.6 Å². The molecule has 2 amide bonds. The third-order valence-electron chi connectivity index (χ3n) is 6.84. The fourth-order valence-electron chi connectivity index (χ4n) is 5.25. The Bertz CT molecular complexity index is 805. The molecule has 0 saturated carbocycles. The SMILES string of the molecule is CC(O)[C@H]1C(=O)N2C(C(=O)O)=C(S[C@@H]3CN[C@H](C(=O)N4CCNCC4CO)C3)[C@H](C)[C@H]12. The standard InChI is InChI=1S/C20H30N4O6S/c1-9-15-14(10(2)26)19(28)24(15)16(20(29)30)17(9)31-12-5-13(22-7-12)18(27)23-4-3-21-6-11(23)8-25/h9-15,21-22,25-26H,3-8H2,1-2H3,(H,29,30)/t9-,10?,11?,12+,13+,14-,15-/m1/s1. The fourth-order valence-corrected chi connectivity index (χ4v) is 6.73. The number of β-lactam (4-membered cyclic amide) rings is 1. The van der Waals surface area contributed by atoms with Crippen LogP contribution in [0, 0.1) is 11.8 Å². The number of piperazine rings is 1. The molecule has 0 aliphatic carbocycles. The highest BCUT2D eigenvalue weighted by Crippen LogP contribution is 2.51. The van der Waals surface area contributed by atoms with Crippen LogP contribution in [0.1, 0.15) is 20.3 Å². The van der Waals surface area contributed by atoms with Crippen molar-refractivity contribution in [1.29, 1.82) is 0 Å². The average Bonchev–Trinajstić information content (AvgIpc) is 3.29. The van der Waals surface area contributed by atoms with E-state index in [0.29, 0.717) is 37.5 Å². The smallest absolute Gasteiger partial charge is 0.353 e. The van der Waals surface area contributed by atoms with Crippen LogP contribution >= 0.6 is 11.8 Å². The molecular weight excluding hydrogens is 424 g/mol. The first-order valence-corrected chi connectivity index (χ1v) is 11.6. The predicted octanol–water partition coefficient (Wildman–Crippen LogP) is -1.60. The van der Waals surface area contributed by atoms with Crippen LogP contribution in [0.4, 0.5) is 0 Å². The molecule has 0 radical (unpaired) electrons. The molecular formula is C20H30N4O6S. The van der Waals surface area contributed by atoms with Gasteiger partial charge in [-0.05, 0) is 13.3 Å². The zero-order valence-corrected chi connectivity index (χ0v) is 18.5. The second kappa shape index (κ2) is 8.70. The zero-order valence-electron chi connectivity index (χ0n) is 17.7. The summed E-state index contributed by atoms with van der Waals surface area (Å²) in [6.45, 7) is 5.72. The Balaban J connectivity index is 1.45. The molecule has 0 aromatic heterocycles. The molecule has 11 heteroatoms. The highest BCUT2D eigenvalue weighted by Gasteiger charge is 2.60. The Labute approximate surface area is 185 Å². The molecule has 5 N–H and O–H groups in total. The summed E-state index contributed by atoms with van der Waals surface area (Å²) in [5.74, 6) is -2.29. The second-order valence-electron chi connectivity index (χ2n) is 8.78. The molecule has 0 spiro atoms. The van der Waals surface area contributed by atoms with Gasteiger partial charge in [-0.2, -0.15) is 0 Å². The molecule has 0 aromatic carbocycles. The van der Waals surface area contributed by atoms with E-state index in [9.17, 15) is 29.7 Å². The van der Waals surface area contributed by atoms with Crippen LogP contribution in [0.3, 0.4) is 0 Å². The third-order valence-corrected chi connectivity index (χ3v) is 8.35. The quantitative estimate of drug-likeness (QED) is 0.300. The summed E-state index contributed by atoms with van der Waals surface area (Å²) in [4.78, 5) is 41.1. The van der Waals surface area contributed by atoms with Crippen molar-refractivity contribution in [2.24, 2.45) is 11.8 Å². The maximum absolute atomic E-state index is 13.0. The minimum atomic E-state index is -1.14. The number of carboxylic acids is 1. The van der Waals surface area contributed by atoms with Gasteiger partial charge < -0.3 is 35.8 Å². The second-order valence-corrected chi connectivity index (χ2v) is 10.1. The topological polar surface area (TPSA) is 142 Å². The molecule has 31 heavy (non-hydrogen) atoms. The van der Waals surface area contributed by atoms with Gasteiger partial charge in [-0.3, -0.25) is 9.59 Å². The summed E-state index contributed by atoms with van der Waals surface area (Å²) in [5.41, 5.74) is 0.0154. The molecule has 4 aliphatic rings. The number of aliphatic hydroxyl groups is 2. The number of amides is 2. The number of rotatable bonds is 6. The van der Waals surface area contributed by atoms with Crippen LogP contribution in [0.15, 0.2) is 10.6 Å². The molecule has 0 aromatic rings. The highest BCUT2D eigenvalue weighted by molar-refractivity contribution is 8.03. The molecule has 4 heterocycles. The third kappa shape index (κ3) is 3.76. The number of carbonyl (C=O) groups excluding carboxylic acids is 2. The number of hydrogen-bond donors (Lipinski definition) is 5. The van der Waals surface area contributed by atoms with E-state index < -0.39 is 18.0 Å². The summed E-state index contributed by atoms with van der Waals surface area (Å²) < 4.78 is 0. The van der Waals surface area contributed by atoms with Crippen LogP contribution < -0.4 is 10.6 Å². The zero-order chi connectivity index (χ0) is 22.4. The monoisotopic (exact) mass is 454 g/mol. The number of hydrogen-bond acceptors (Lipinski definition) is 8. The molecule has 10 nitrogen and oxygen atoms in total. The number of aliphatic hydroxyl groups excluding tert-OH is 2. The highest BCUT2D eigenvalue weighted by atomic mass is 32.2. The van der Waals surface area contributed by atoms with Crippen LogP contribution in [0.5, 0.6) is 0 Å². The number of fused-ring (bicyclic) bond motifs is 1. The van der Waals surface area contributed by atoms with Crippen molar-refractivity contribution in [1.82, 2.24) is 20.4 Å². The van der Waals surface area contributed by atoms with Gasteiger partial charge >= 0.3 is 5.97 Å². The molecule has 4 rings (SSSR count). The first kappa shape index (κ1) is 22.5. The Kier molecular flexibility index (Phi) is 6.32. The number of nitrogens with zero attached hydrogens (tertiary/aromatic N) is 2. The van der Waals surface area contributed by atoms with Gasteiger partial charge in [-0.1, -0.05) is 6.92 Å². The van der Waals surface area contributed by atoms with Crippen LogP contribution in [-0.2, 0) is 14.4 Å². The molecule has 172 valence electrons. The van der Waals surface area contributed by atoms with Crippen molar-refractivity contribution in [3.8, 4) is 0 Å². The molecule has 4 aliphatic heterocycles. The van der Waals surface area contributed by atoms with Crippen molar-refractivity contribution in [2.45, 2.75) is 49.7 Å². The van der Waals surface area contributed by atoms with Gasteiger partial charge in [0.05, 0.1) is 36.8 Å². The summed E-state index contributed by atoms with van der Waals surface area (Å²) in [5, 5.41) is 35.7. The van der Waals surface area contributed by atoms with Gasteiger partial charge in [0.15, 0.2) is 0 Å². The lowest BCUT2D eigenvalue weighted by atomic mass is 9.79. The minimum Gasteiger partial charge on any atom is -0.477 e. The fraction of sp³-hybridized carbons (Fsp3) is 0.750. The van der Waals surface area contributed by atoms with E-state index >= 15 is 0 Å². The van der Waals surface area contributed by atoms with Crippen molar-refractivity contribution in [3.05, 3.63) is 10.6 Å². The van der Waals surface area contributed by atoms with Crippen molar-refractivity contribution in [3.63, 3.8) is 0 Å². The number of nitrogens with one attached hydrogen (secondary N) is 2. The lowest BCUT2D eigenvalue weighted by Gasteiger charge is -2.46. The number of carbonyl (C=O) groups is 3. The van der Waals surface area contributed by atoms with Crippen LogP contribution in [0.2, 0.25) is 0 Å². The predicted molar refractivity (Wildman–Crippen MR) is 113 cm³/mol. The lowest BCUT2D eigenvalue weighted by molar-refractivity contribution is -0.163. The van der Waals surface area contributed by atoms with Crippen molar-refractivity contribution >= 4 is 29.5 Å². The average molecular weight is 455 g/mol. The Hall–Kier alpha value is -1.66. The van der Waals surface area contributed by atoms with Gasteiger partial charge in [-0.15, -0.1) is 11.8 Å². The molecule has 2 unspecified atom stereocenters. The van der Waals surface area contributed by atoms with E-state index in [-0.39, 0.29) is 53.4 Å². The number of thioether (sulfide) groups is 1. The van der Waals surface area contributed by atoms with Gasteiger partial charge in [-0.25, -0.2) is 4.79 Å².